The molecule has 0 unspecified atom stereocenters. The normalized spacial score (nSPS) is 12.0. The summed E-state index contributed by atoms with van der Waals surface area (Å²) in [6.45, 7) is 1.88. The van der Waals surface area contributed by atoms with Crippen LogP contribution in [0.2, 0.25) is 10.0 Å². The van der Waals surface area contributed by atoms with Gasteiger partial charge in [-0.25, -0.2) is 0 Å². The van der Waals surface area contributed by atoms with Crippen molar-refractivity contribution >= 4 is 46.6 Å². The number of carbonyl (C=O) groups is 1. The first-order valence-corrected chi connectivity index (χ1v) is 8.29. The highest BCUT2D eigenvalue weighted by Crippen LogP contribution is 2.30. The van der Waals surface area contributed by atoms with E-state index in [9.17, 15) is 4.79 Å². The predicted octanol–water partition coefficient (Wildman–Crippen LogP) is 5.25. The van der Waals surface area contributed by atoms with Gasteiger partial charge in [-0.2, -0.15) is 0 Å². The number of hydrogen-bond donors (Lipinski definition) is 1. The van der Waals surface area contributed by atoms with Gasteiger partial charge in [0.1, 0.15) is 0 Å². The Morgan fingerprint density at radius 1 is 1.14 bits per heavy atom. The van der Waals surface area contributed by atoms with Gasteiger partial charge in [0.15, 0.2) is 0 Å². The van der Waals surface area contributed by atoms with Gasteiger partial charge in [-0.1, -0.05) is 59.6 Å². The number of thioether (sulfide) groups is 1. The Bertz CT molecular complexity index is 619. The van der Waals surface area contributed by atoms with E-state index in [0.29, 0.717) is 15.7 Å². The molecule has 0 radical (unpaired) electrons. The molecule has 2 aromatic rings. The molecule has 0 aromatic heterocycles. The zero-order valence-corrected chi connectivity index (χ0v) is 13.8. The Morgan fingerprint density at radius 3 is 2.57 bits per heavy atom. The van der Waals surface area contributed by atoms with Crippen molar-refractivity contribution in [1.29, 1.82) is 0 Å². The second-order valence-electron chi connectivity index (χ2n) is 4.53. The summed E-state index contributed by atoms with van der Waals surface area (Å²) in [5.41, 5.74) is 1.74. The molecule has 0 heterocycles. The summed E-state index contributed by atoms with van der Waals surface area (Å²) in [6, 6.07) is 15.2. The van der Waals surface area contributed by atoms with Crippen molar-refractivity contribution in [3.63, 3.8) is 0 Å². The minimum atomic E-state index is -0.180. The standard InChI is InChI=1S/C16H15Cl2NOS/c1-11(21-10-12-6-3-2-4-7-12)16(20)19-14-9-5-8-13(17)15(14)18/h2-9,11H,10H2,1H3,(H,19,20)/t11-/m0/s1. The third-order valence-corrected chi connectivity index (χ3v) is 4.95. The molecule has 2 nitrogen and oxygen atoms in total. The minimum Gasteiger partial charge on any atom is -0.324 e. The van der Waals surface area contributed by atoms with Crippen LogP contribution in [0.1, 0.15) is 12.5 Å². The molecule has 21 heavy (non-hydrogen) atoms. The molecular formula is C16H15Cl2NOS. The van der Waals surface area contributed by atoms with E-state index in [0.717, 1.165) is 5.75 Å². The van der Waals surface area contributed by atoms with Crippen molar-refractivity contribution in [2.75, 3.05) is 5.32 Å². The number of rotatable bonds is 5. The lowest BCUT2D eigenvalue weighted by Crippen LogP contribution is -2.22. The molecule has 2 rings (SSSR count). The van der Waals surface area contributed by atoms with Crippen LogP contribution in [0.3, 0.4) is 0 Å². The molecule has 0 spiro atoms. The number of hydrogen-bond acceptors (Lipinski definition) is 2. The molecule has 110 valence electrons. The van der Waals surface area contributed by atoms with Crippen LogP contribution < -0.4 is 5.32 Å². The van der Waals surface area contributed by atoms with Crippen LogP contribution >= 0.6 is 35.0 Å². The zero-order valence-electron chi connectivity index (χ0n) is 11.5. The summed E-state index contributed by atoms with van der Waals surface area (Å²) >= 11 is 13.6. The fourth-order valence-electron chi connectivity index (χ4n) is 1.71. The van der Waals surface area contributed by atoms with Gasteiger partial charge in [0.05, 0.1) is 21.0 Å². The van der Waals surface area contributed by atoms with Gasteiger partial charge in [-0.05, 0) is 24.6 Å². The Morgan fingerprint density at radius 2 is 1.86 bits per heavy atom. The van der Waals surface area contributed by atoms with E-state index in [1.54, 1.807) is 30.0 Å². The van der Waals surface area contributed by atoms with Crippen LogP contribution in [0.4, 0.5) is 5.69 Å². The van der Waals surface area contributed by atoms with Gasteiger partial charge < -0.3 is 5.32 Å². The Hall–Kier alpha value is -1.16. The second kappa shape index (κ2) is 7.74. The fourth-order valence-corrected chi connectivity index (χ4v) is 2.90. The van der Waals surface area contributed by atoms with Crippen LogP contribution in [0.25, 0.3) is 0 Å². The number of carbonyl (C=O) groups excluding carboxylic acids is 1. The molecule has 0 aliphatic rings. The van der Waals surface area contributed by atoms with Crippen LogP contribution in [0.5, 0.6) is 0 Å². The first-order chi connectivity index (χ1) is 10.1. The summed E-state index contributed by atoms with van der Waals surface area (Å²) in [5.74, 6) is 0.707. The van der Waals surface area contributed by atoms with Gasteiger partial charge in [0.2, 0.25) is 5.91 Å². The number of benzene rings is 2. The molecule has 2 aromatic carbocycles. The van der Waals surface area contributed by atoms with E-state index < -0.39 is 0 Å². The summed E-state index contributed by atoms with van der Waals surface area (Å²) in [6.07, 6.45) is 0. The van der Waals surface area contributed by atoms with Crippen LogP contribution in [-0.2, 0) is 10.5 Å². The third kappa shape index (κ3) is 4.67. The SMILES string of the molecule is C[C@H](SCc1ccccc1)C(=O)Nc1cccc(Cl)c1Cl. The Labute approximate surface area is 138 Å². The first kappa shape index (κ1) is 16.2. The number of nitrogens with one attached hydrogen (secondary N) is 1. The minimum absolute atomic E-state index is 0.0832. The van der Waals surface area contributed by atoms with E-state index >= 15 is 0 Å². The maximum absolute atomic E-state index is 12.2. The highest BCUT2D eigenvalue weighted by atomic mass is 35.5. The van der Waals surface area contributed by atoms with Crippen molar-refractivity contribution in [1.82, 2.24) is 0 Å². The molecule has 0 saturated carbocycles. The van der Waals surface area contributed by atoms with Crippen molar-refractivity contribution in [3.8, 4) is 0 Å². The Kier molecular flexibility index (Phi) is 5.97. The zero-order chi connectivity index (χ0) is 15.2. The largest absolute Gasteiger partial charge is 0.324 e. The molecular weight excluding hydrogens is 325 g/mol. The van der Waals surface area contributed by atoms with E-state index in [1.807, 2.05) is 37.3 Å². The molecule has 0 saturated heterocycles. The summed E-state index contributed by atoms with van der Waals surface area (Å²) in [4.78, 5) is 12.2. The predicted molar refractivity (Wildman–Crippen MR) is 92.3 cm³/mol. The van der Waals surface area contributed by atoms with Gasteiger partial charge in [0, 0.05) is 5.75 Å². The highest BCUT2D eigenvalue weighted by Gasteiger charge is 2.15. The molecule has 1 atom stereocenters. The van der Waals surface area contributed by atoms with E-state index in [1.165, 1.54) is 5.56 Å². The lowest BCUT2D eigenvalue weighted by molar-refractivity contribution is -0.115. The van der Waals surface area contributed by atoms with Crippen molar-refractivity contribution in [3.05, 3.63) is 64.1 Å². The summed E-state index contributed by atoms with van der Waals surface area (Å²) in [7, 11) is 0. The lowest BCUT2D eigenvalue weighted by atomic mass is 10.2. The molecule has 5 heteroatoms. The van der Waals surface area contributed by atoms with Gasteiger partial charge >= 0.3 is 0 Å². The Balaban J connectivity index is 1.92. The van der Waals surface area contributed by atoms with E-state index in [2.05, 4.69) is 5.32 Å². The van der Waals surface area contributed by atoms with Crippen molar-refractivity contribution < 1.29 is 4.79 Å². The maximum Gasteiger partial charge on any atom is 0.237 e. The quantitative estimate of drug-likeness (QED) is 0.805. The van der Waals surface area contributed by atoms with Gasteiger partial charge in [0.25, 0.3) is 0 Å². The van der Waals surface area contributed by atoms with Gasteiger partial charge in [-0.3, -0.25) is 4.79 Å². The molecule has 1 N–H and O–H groups in total. The topological polar surface area (TPSA) is 29.1 Å². The lowest BCUT2D eigenvalue weighted by Gasteiger charge is -2.13. The fraction of sp³-hybridized carbons (Fsp3) is 0.188. The van der Waals surface area contributed by atoms with Crippen molar-refractivity contribution in [2.45, 2.75) is 17.9 Å². The monoisotopic (exact) mass is 339 g/mol. The van der Waals surface area contributed by atoms with Crippen LogP contribution in [0.15, 0.2) is 48.5 Å². The van der Waals surface area contributed by atoms with Crippen molar-refractivity contribution in [2.24, 2.45) is 0 Å². The summed E-state index contributed by atoms with van der Waals surface area (Å²) < 4.78 is 0. The molecule has 1 amide bonds. The maximum atomic E-state index is 12.2. The number of amides is 1. The average Bonchev–Trinajstić information content (AvgIpc) is 2.50. The first-order valence-electron chi connectivity index (χ1n) is 6.48. The third-order valence-electron chi connectivity index (χ3n) is 2.92. The molecule has 0 aliphatic heterocycles. The van der Waals surface area contributed by atoms with Crippen LogP contribution in [0, 0.1) is 0 Å². The van der Waals surface area contributed by atoms with Gasteiger partial charge in [-0.15, -0.1) is 11.8 Å². The smallest absolute Gasteiger partial charge is 0.237 e. The van der Waals surface area contributed by atoms with Crippen LogP contribution in [-0.4, -0.2) is 11.2 Å². The molecule has 0 bridgehead atoms. The number of halogens is 2. The molecule has 0 aliphatic carbocycles. The van der Waals surface area contributed by atoms with E-state index in [-0.39, 0.29) is 11.2 Å². The summed E-state index contributed by atoms with van der Waals surface area (Å²) in [5, 5.41) is 3.43. The number of anilines is 1. The average molecular weight is 340 g/mol. The van der Waals surface area contributed by atoms with E-state index in [4.69, 9.17) is 23.2 Å². The molecule has 0 fully saturated rings. The highest BCUT2D eigenvalue weighted by molar-refractivity contribution is 7.99. The second-order valence-corrected chi connectivity index (χ2v) is 6.64.